The minimum Gasteiger partial charge on any atom is -0.338 e. The molecule has 0 atom stereocenters. The first-order chi connectivity index (χ1) is 8.97. The third-order valence-corrected chi connectivity index (χ3v) is 3.94. The van der Waals surface area contributed by atoms with Gasteiger partial charge in [0, 0.05) is 18.6 Å². The number of likely N-dealkylation sites (tertiary alicyclic amines) is 1. The van der Waals surface area contributed by atoms with Crippen molar-refractivity contribution in [3.05, 3.63) is 35.4 Å². The average molecular weight is 268 g/mol. The van der Waals surface area contributed by atoms with E-state index in [1.165, 1.54) is 12.1 Å². The van der Waals surface area contributed by atoms with E-state index >= 15 is 0 Å². The largest absolute Gasteiger partial charge is 0.338 e. The van der Waals surface area contributed by atoms with Crippen molar-refractivity contribution in [2.24, 2.45) is 0 Å². The molecule has 0 unspecified atom stereocenters. The monoisotopic (exact) mass is 268 g/mol. The van der Waals surface area contributed by atoms with Crippen molar-refractivity contribution >= 4 is 5.91 Å². The van der Waals surface area contributed by atoms with Crippen LogP contribution in [0.3, 0.4) is 0 Å². The van der Waals surface area contributed by atoms with Gasteiger partial charge in [0.25, 0.3) is 5.91 Å². The molecule has 104 valence electrons. The number of benzene rings is 1. The fourth-order valence-electron chi connectivity index (χ4n) is 2.29. The van der Waals surface area contributed by atoms with Crippen molar-refractivity contribution in [3.8, 4) is 0 Å². The molecule has 0 aliphatic carbocycles. The fraction of sp³-hybridized carbons (Fsp3) is 0.500. The topological polar surface area (TPSA) is 32.3 Å². The Bertz CT molecular complexity index is 482. The van der Waals surface area contributed by atoms with Crippen molar-refractivity contribution in [2.45, 2.75) is 25.3 Å². The molecule has 1 aromatic rings. The van der Waals surface area contributed by atoms with Crippen LogP contribution in [-0.4, -0.2) is 36.5 Å². The van der Waals surface area contributed by atoms with Crippen LogP contribution in [0.15, 0.2) is 18.2 Å². The smallest absolute Gasteiger partial charge is 0.256 e. The summed E-state index contributed by atoms with van der Waals surface area (Å²) in [6.45, 7) is 3.19. The summed E-state index contributed by atoms with van der Waals surface area (Å²) in [5.41, 5.74) is -0.176. The highest BCUT2D eigenvalue weighted by molar-refractivity contribution is 5.94. The summed E-state index contributed by atoms with van der Waals surface area (Å²) in [5.74, 6) is -2.48. The van der Waals surface area contributed by atoms with E-state index in [0.717, 1.165) is 18.9 Å². The number of halogens is 2. The van der Waals surface area contributed by atoms with E-state index in [1.807, 2.05) is 7.05 Å². The highest BCUT2D eigenvalue weighted by Gasteiger charge is 2.31. The fourth-order valence-corrected chi connectivity index (χ4v) is 2.29. The molecule has 0 bridgehead atoms. The van der Waals surface area contributed by atoms with Crippen LogP contribution in [0.1, 0.15) is 30.1 Å². The predicted molar refractivity (Wildman–Crippen MR) is 69.0 cm³/mol. The summed E-state index contributed by atoms with van der Waals surface area (Å²) in [6, 6.07) is 3.69. The zero-order valence-electron chi connectivity index (χ0n) is 11.2. The third kappa shape index (κ3) is 2.76. The number of hydrogen-bond donors (Lipinski definition) is 1. The van der Waals surface area contributed by atoms with Gasteiger partial charge in [-0.1, -0.05) is 6.07 Å². The molecular formula is C14H18F2N2O. The molecule has 1 heterocycles. The highest BCUT2D eigenvalue weighted by Crippen LogP contribution is 2.23. The minimum absolute atomic E-state index is 0.0112. The molecule has 1 fully saturated rings. The van der Waals surface area contributed by atoms with Gasteiger partial charge in [0.05, 0.1) is 5.56 Å². The average Bonchev–Trinajstić information content (AvgIpc) is 2.42. The van der Waals surface area contributed by atoms with Gasteiger partial charge in [-0.05, 0) is 38.9 Å². The number of carbonyl (C=O) groups excluding carboxylic acids is 1. The van der Waals surface area contributed by atoms with E-state index in [4.69, 9.17) is 0 Å². The molecule has 1 N–H and O–H groups in total. The van der Waals surface area contributed by atoms with E-state index in [-0.39, 0.29) is 11.1 Å². The van der Waals surface area contributed by atoms with Gasteiger partial charge < -0.3 is 10.2 Å². The molecule has 0 aromatic heterocycles. The van der Waals surface area contributed by atoms with Gasteiger partial charge in [-0.3, -0.25) is 4.79 Å². The van der Waals surface area contributed by atoms with Crippen LogP contribution in [0.5, 0.6) is 0 Å². The number of piperidine rings is 1. The van der Waals surface area contributed by atoms with Crippen LogP contribution in [0.4, 0.5) is 8.78 Å². The van der Waals surface area contributed by atoms with E-state index < -0.39 is 17.5 Å². The molecule has 3 nitrogen and oxygen atoms in total. The number of carbonyl (C=O) groups is 1. The second-order valence-corrected chi connectivity index (χ2v) is 5.20. The zero-order chi connectivity index (χ0) is 14.0. The van der Waals surface area contributed by atoms with Gasteiger partial charge in [0.15, 0.2) is 11.6 Å². The lowest BCUT2D eigenvalue weighted by Crippen LogP contribution is -2.51. The molecule has 1 saturated heterocycles. The molecule has 2 rings (SSSR count). The molecule has 1 aliphatic rings. The summed E-state index contributed by atoms with van der Waals surface area (Å²) in [7, 11) is 1.89. The Balaban J connectivity index is 2.12. The number of nitrogens with zero attached hydrogens (tertiary/aromatic N) is 1. The van der Waals surface area contributed by atoms with Crippen LogP contribution >= 0.6 is 0 Å². The molecule has 1 amide bonds. The lowest BCUT2D eigenvalue weighted by molar-refractivity contribution is 0.0656. The molecule has 19 heavy (non-hydrogen) atoms. The molecule has 0 saturated carbocycles. The second-order valence-electron chi connectivity index (χ2n) is 5.20. The van der Waals surface area contributed by atoms with Crippen LogP contribution in [0.2, 0.25) is 0 Å². The van der Waals surface area contributed by atoms with Crippen LogP contribution in [0.25, 0.3) is 0 Å². The quantitative estimate of drug-likeness (QED) is 0.891. The van der Waals surface area contributed by atoms with Gasteiger partial charge in [-0.25, -0.2) is 8.78 Å². The molecule has 5 heteroatoms. The maximum Gasteiger partial charge on any atom is 0.256 e. The summed E-state index contributed by atoms with van der Waals surface area (Å²) < 4.78 is 26.7. The zero-order valence-corrected chi connectivity index (χ0v) is 11.2. The van der Waals surface area contributed by atoms with E-state index in [9.17, 15) is 13.6 Å². The van der Waals surface area contributed by atoms with E-state index in [0.29, 0.717) is 13.1 Å². The second kappa shape index (κ2) is 5.25. The Morgan fingerprint density at radius 2 is 1.95 bits per heavy atom. The molecule has 0 radical (unpaired) electrons. The number of hydrogen-bond acceptors (Lipinski definition) is 2. The van der Waals surface area contributed by atoms with Crippen molar-refractivity contribution in [1.82, 2.24) is 10.2 Å². The first-order valence-electron chi connectivity index (χ1n) is 6.39. The third-order valence-electron chi connectivity index (χ3n) is 3.94. The Kier molecular flexibility index (Phi) is 3.85. The van der Waals surface area contributed by atoms with Gasteiger partial charge in [-0.15, -0.1) is 0 Å². The lowest BCUT2D eigenvalue weighted by Gasteiger charge is -2.39. The Morgan fingerprint density at radius 1 is 1.32 bits per heavy atom. The summed E-state index contributed by atoms with van der Waals surface area (Å²) in [4.78, 5) is 13.8. The first kappa shape index (κ1) is 13.9. The van der Waals surface area contributed by atoms with Crippen LogP contribution < -0.4 is 5.32 Å². The lowest BCUT2D eigenvalue weighted by atomic mass is 9.89. The summed E-state index contributed by atoms with van der Waals surface area (Å²) in [6.07, 6.45) is 1.60. The summed E-state index contributed by atoms with van der Waals surface area (Å²) >= 11 is 0. The Hall–Kier alpha value is -1.49. The van der Waals surface area contributed by atoms with Crippen molar-refractivity contribution in [2.75, 3.05) is 20.1 Å². The maximum absolute atomic E-state index is 13.6. The number of rotatable bonds is 2. The Morgan fingerprint density at radius 3 is 2.53 bits per heavy atom. The van der Waals surface area contributed by atoms with E-state index in [1.54, 1.807) is 4.90 Å². The molecular weight excluding hydrogens is 250 g/mol. The minimum atomic E-state index is -1.06. The molecule has 0 spiro atoms. The van der Waals surface area contributed by atoms with Crippen molar-refractivity contribution in [3.63, 3.8) is 0 Å². The van der Waals surface area contributed by atoms with E-state index in [2.05, 4.69) is 12.2 Å². The number of nitrogens with one attached hydrogen (secondary N) is 1. The van der Waals surface area contributed by atoms with Gasteiger partial charge in [0.2, 0.25) is 0 Å². The molecule has 1 aliphatic heterocycles. The highest BCUT2D eigenvalue weighted by atomic mass is 19.2. The van der Waals surface area contributed by atoms with Crippen molar-refractivity contribution < 1.29 is 13.6 Å². The van der Waals surface area contributed by atoms with Crippen LogP contribution in [-0.2, 0) is 0 Å². The van der Waals surface area contributed by atoms with Gasteiger partial charge in [0.1, 0.15) is 0 Å². The summed E-state index contributed by atoms with van der Waals surface area (Å²) in [5, 5.41) is 3.23. The van der Waals surface area contributed by atoms with Crippen molar-refractivity contribution in [1.29, 1.82) is 0 Å². The maximum atomic E-state index is 13.6. The van der Waals surface area contributed by atoms with Crippen LogP contribution in [0, 0.1) is 11.6 Å². The number of amides is 1. The van der Waals surface area contributed by atoms with Gasteiger partial charge in [-0.2, -0.15) is 0 Å². The Labute approximate surface area is 111 Å². The van der Waals surface area contributed by atoms with Gasteiger partial charge >= 0.3 is 0 Å². The first-order valence-corrected chi connectivity index (χ1v) is 6.39. The normalized spacial score (nSPS) is 18.4. The predicted octanol–water partition coefficient (Wildman–Crippen LogP) is 2.18. The standard InChI is InChI=1S/C14H18F2N2O/c1-14(17-2)6-8-18(9-7-14)13(19)10-4-3-5-11(15)12(10)16/h3-5,17H,6-9H2,1-2H3. The molecule has 1 aromatic carbocycles. The SMILES string of the molecule is CNC1(C)CCN(C(=O)c2cccc(F)c2F)CC1.